The summed E-state index contributed by atoms with van der Waals surface area (Å²) >= 11 is 0. The number of aromatic nitrogens is 2. The van der Waals surface area contributed by atoms with E-state index in [1.54, 1.807) is 0 Å². The lowest BCUT2D eigenvalue weighted by molar-refractivity contribution is 0.0935. The van der Waals surface area contributed by atoms with Crippen molar-refractivity contribution in [1.29, 1.82) is 0 Å². The van der Waals surface area contributed by atoms with Crippen LogP contribution in [0.4, 0.5) is 0 Å². The standard InChI is InChI=1S/C21H21N3O2/c1-2-15-24-19(25)14-13-18(23-24)21(26)22-20(16-9-5-3-6-10-16)17-11-7-4-8-12-17/h3-14,20H,2,15H2,1H3,(H,22,26). The second kappa shape index (κ2) is 8.25. The zero-order valence-electron chi connectivity index (χ0n) is 14.6. The van der Waals surface area contributed by atoms with Crippen molar-refractivity contribution in [2.75, 3.05) is 0 Å². The fraction of sp³-hybridized carbons (Fsp3) is 0.190. The van der Waals surface area contributed by atoms with Crippen LogP contribution in [0.2, 0.25) is 0 Å². The van der Waals surface area contributed by atoms with Crippen LogP contribution < -0.4 is 10.9 Å². The van der Waals surface area contributed by atoms with E-state index in [0.29, 0.717) is 6.54 Å². The van der Waals surface area contributed by atoms with Gasteiger partial charge in [-0.25, -0.2) is 4.68 Å². The van der Waals surface area contributed by atoms with Gasteiger partial charge in [0.25, 0.3) is 11.5 Å². The minimum absolute atomic E-state index is 0.203. The maximum atomic E-state index is 12.8. The first-order valence-electron chi connectivity index (χ1n) is 8.68. The maximum absolute atomic E-state index is 12.8. The van der Waals surface area contributed by atoms with Crippen LogP contribution in [0, 0.1) is 0 Å². The summed E-state index contributed by atoms with van der Waals surface area (Å²) in [5, 5.41) is 7.23. The van der Waals surface area contributed by atoms with Gasteiger partial charge in [0.05, 0.1) is 6.04 Å². The fourth-order valence-corrected chi connectivity index (χ4v) is 2.80. The highest BCUT2D eigenvalue weighted by Crippen LogP contribution is 2.22. The average molecular weight is 347 g/mol. The lowest BCUT2D eigenvalue weighted by Crippen LogP contribution is -2.32. The molecule has 0 fully saturated rings. The Hall–Kier alpha value is -3.21. The van der Waals surface area contributed by atoms with E-state index in [1.165, 1.54) is 16.8 Å². The molecular formula is C21H21N3O2. The molecule has 132 valence electrons. The summed E-state index contributed by atoms with van der Waals surface area (Å²) in [5.74, 6) is -0.312. The summed E-state index contributed by atoms with van der Waals surface area (Å²) in [7, 11) is 0. The Kier molecular flexibility index (Phi) is 5.59. The quantitative estimate of drug-likeness (QED) is 0.745. The number of nitrogens with zero attached hydrogens (tertiary/aromatic N) is 2. The first-order chi connectivity index (χ1) is 12.7. The van der Waals surface area contributed by atoms with Crippen molar-refractivity contribution in [2.45, 2.75) is 25.9 Å². The monoisotopic (exact) mass is 347 g/mol. The van der Waals surface area contributed by atoms with Gasteiger partial charge in [0.15, 0.2) is 0 Å². The molecule has 1 heterocycles. The van der Waals surface area contributed by atoms with Crippen LogP contribution in [0.25, 0.3) is 0 Å². The van der Waals surface area contributed by atoms with Crippen molar-refractivity contribution < 1.29 is 4.79 Å². The predicted octanol–water partition coefficient (Wildman–Crippen LogP) is 3.17. The molecule has 3 aromatic rings. The molecule has 5 nitrogen and oxygen atoms in total. The molecule has 0 bridgehead atoms. The van der Waals surface area contributed by atoms with Gasteiger partial charge in [0.2, 0.25) is 0 Å². The molecule has 0 spiro atoms. The fourth-order valence-electron chi connectivity index (χ4n) is 2.80. The molecule has 0 atom stereocenters. The largest absolute Gasteiger partial charge is 0.340 e. The normalized spacial score (nSPS) is 10.7. The van der Waals surface area contributed by atoms with Gasteiger partial charge in [-0.2, -0.15) is 5.10 Å². The summed E-state index contributed by atoms with van der Waals surface area (Å²) < 4.78 is 1.33. The number of nitrogens with one attached hydrogen (secondary N) is 1. The molecular weight excluding hydrogens is 326 g/mol. The number of benzene rings is 2. The minimum Gasteiger partial charge on any atom is -0.340 e. The van der Waals surface area contributed by atoms with Crippen molar-refractivity contribution in [3.8, 4) is 0 Å². The summed E-state index contributed by atoms with van der Waals surface area (Å²) in [5.41, 5.74) is 1.99. The van der Waals surface area contributed by atoms with Crippen LogP contribution in [0.15, 0.2) is 77.6 Å². The molecule has 0 saturated heterocycles. The number of hydrogen-bond donors (Lipinski definition) is 1. The average Bonchev–Trinajstić information content (AvgIpc) is 2.69. The Bertz CT molecular complexity index is 881. The molecule has 26 heavy (non-hydrogen) atoms. The SMILES string of the molecule is CCCn1nc(C(=O)NC(c2ccccc2)c2ccccc2)ccc1=O. The maximum Gasteiger partial charge on any atom is 0.272 e. The van der Waals surface area contributed by atoms with Crippen molar-refractivity contribution in [3.63, 3.8) is 0 Å². The van der Waals surface area contributed by atoms with E-state index in [2.05, 4.69) is 10.4 Å². The van der Waals surface area contributed by atoms with Crippen molar-refractivity contribution in [1.82, 2.24) is 15.1 Å². The molecule has 0 aliphatic heterocycles. The molecule has 0 unspecified atom stereocenters. The van der Waals surface area contributed by atoms with E-state index < -0.39 is 0 Å². The molecule has 2 aromatic carbocycles. The number of carbonyl (C=O) groups is 1. The highest BCUT2D eigenvalue weighted by molar-refractivity contribution is 5.92. The molecule has 1 N–H and O–H groups in total. The van der Waals surface area contributed by atoms with Gasteiger partial charge in [-0.15, -0.1) is 0 Å². The van der Waals surface area contributed by atoms with Crippen LogP contribution in [0.3, 0.4) is 0 Å². The van der Waals surface area contributed by atoms with Gasteiger partial charge in [0, 0.05) is 12.6 Å². The molecule has 5 heteroatoms. The Morgan fingerprint density at radius 2 is 1.54 bits per heavy atom. The van der Waals surface area contributed by atoms with Gasteiger partial charge in [0.1, 0.15) is 5.69 Å². The Morgan fingerprint density at radius 1 is 0.962 bits per heavy atom. The van der Waals surface area contributed by atoms with Gasteiger partial charge in [-0.05, 0) is 23.6 Å². The lowest BCUT2D eigenvalue weighted by Gasteiger charge is -2.20. The topological polar surface area (TPSA) is 64.0 Å². The highest BCUT2D eigenvalue weighted by Gasteiger charge is 2.19. The van der Waals surface area contributed by atoms with E-state index in [0.717, 1.165) is 17.5 Å². The van der Waals surface area contributed by atoms with Crippen LogP contribution in [-0.2, 0) is 6.54 Å². The Balaban J connectivity index is 1.91. The number of rotatable bonds is 6. The summed E-state index contributed by atoms with van der Waals surface area (Å²) in [4.78, 5) is 24.6. The van der Waals surface area contributed by atoms with Crippen LogP contribution in [-0.4, -0.2) is 15.7 Å². The number of carbonyl (C=O) groups excluding carboxylic acids is 1. The highest BCUT2D eigenvalue weighted by atomic mass is 16.2. The third kappa shape index (κ3) is 4.06. The first-order valence-corrected chi connectivity index (χ1v) is 8.68. The first kappa shape index (κ1) is 17.6. The van der Waals surface area contributed by atoms with E-state index in [-0.39, 0.29) is 23.2 Å². The van der Waals surface area contributed by atoms with Crippen molar-refractivity contribution in [2.24, 2.45) is 0 Å². The number of hydrogen-bond acceptors (Lipinski definition) is 3. The molecule has 1 aromatic heterocycles. The lowest BCUT2D eigenvalue weighted by atomic mass is 9.98. The summed E-state index contributed by atoms with van der Waals surface area (Å²) in [6.07, 6.45) is 0.772. The van der Waals surface area contributed by atoms with Crippen LogP contribution in [0.5, 0.6) is 0 Å². The van der Waals surface area contributed by atoms with E-state index in [4.69, 9.17) is 0 Å². The van der Waals surface area contributed by atoms with Crippen LogP contribution in [0.1, 0.15) is 41.0 Å². The smallest absolute Gasteiger partial charge is 0.272 e. The van der Waals surface area contributed by atoms with E-state index in [9.17, 15) is 9.59 Å². The number of aryl methyl sites for hydroxylation is 1. The third-order valence-corrected chi connectivity index (χ3v) is 4.08. The Labute approximate surface area is 152 Å². The molecule has 0 aliphatic carbocycles. The second-order valence-corrected chi connectivity index (χ2v) is 6.01. The van der Waals surface area contributed by atoms with Crippen molar-refractivity contribution >= 4 is 5.91 Å². The van der Waals surface area contributed by atoms with Gasteiger partial charge in [-0.1, -0.05) is 67.6 Å². The van der Waals surface area contributed by atoms with E-state index >= 15 is 0 Å². The Morgan fingerprint density at radius 3 is 2.08 bits per heavy atom. The second-order valence-electron chi connectivity index (χ2n) is 6.01. The van der Waals surface area contributed by atoms with Gasteiger partial charge < -0.3 is 5.32 Å². The molecule has 0 saturated carbocycles. The van der Waals surface area contributed by atoms with Crippen molar-refractivity contribution in [3.05, 3.63) is 100.0 Å². The predicted molar refractivity (Wildman–Crippen MR) is 101 cm³/mol. The number of amides is 1. The van der Waals surface area contributed by atoms with E-state index in [1.807, 2.05) is 67.6 Å². The summed E-state index contributed by atoms with van der Waals surface area (Å²) in [6, 6.07) is 22.1. The van der Waals surface area contributed by atoms with Gasteiger partial charge in [-0.3, -0.25) is 9.59 Å². The zero-order chi connectivity index (χ0) is 18.4. The molecule has 0 aliphatic rings. The molecule has 0 radical (unpaired) electrons. The third-order valence-electron chi connectivity index (χ3n) is 4.08. The summed E-state index contributed by atoms with van der Waals surface area (Å²) in [6.45, 7) is 2.45. The van der Waals surface area contributed by atoms with Gasteiger partial charge >= 0.3 is 0 Å². The molecule has 1 amide bonds. The van der Waals surface area contributed by atoms with Crippen LogP contribution >= 0.6 is 0 Å². The minimum atomic E-state index is -0.312. The zero-order valence-corrected chi connectivity index (χ0v) is 14.6. The molecule has 3 rings (SSSR count).